The van der Waals surface area contributed by atoms with Crippen molar-refractivity contribution in [3.8, 4) is 0 Å². The van der Waals surface area contributed by atoms with Gasteiger partial charge in [-0.25, -0.2) is 0 Å². The first-order chi connectivity index (χ1) is 12.7. The average molecular weight is 393 g/mol. The molecule has 0 aliphatic carbocycles. The van der Waals surface area contributed by atoms with Crippen LogP contribution in [0.3, 0.4) is 0 Å². The van der Waals surface area contributed by atoms with Crippen molar-refractivity contribution in [2.45, 2.75) is 46.0 Å². The van der Waals surface area contributed by atoms with E-state index in [2.05, 4.69) is 29.2 Å². The fourth-order valence-electron chi connectivity index (χ4n) is 4.46. The molecular weight excluding hydrogens is 360 g/mol. The monoisotopic (exact) mass is 392 g/mol. The van der Waals surface area contributed by atoms with Gasteiger partial charge >= 0.3 is 0 Å². The zero-order chi connectivity index (χ0) is 19.8. The molecule has 8 nitrogen and oxygen atoms in total. The molecule has 156 valence electrons. The predicted molar refractivity (Wildman–Crippen MR) is 105 cm³/mol. The second kappa shape index (κ2) is 8.03. The number of carbonyl (C=O) groups is 4. The molecule has 0 radical (unpaired) electrons. The number of hydrogen-bond donors (Lipinski definition) is 2. The van der Waals surface area contributed by atoms with E-state index in [4.69, 9.17) is 0 Å². The van der Waals surface area contributed by atoms with Crippen LogP contribution in [0.15, 0.2) is 12.3 Å². The van der Waals surface area contributed by atoms with Crippen LogP contribution >= 0.6 is 0 Å². The maximum absolute atomic E-state index is 11.8. The largest absolute Gasteiger partial charge is 0.345 e. The summed E-state index contributed by atoms with van der Waals surface area (Å²) in [5, 5.41) is 5.17. The van der Waals surface area contributed by atoms with Gasteiger partial charge in [0.15, 0.2) is 0 Å². The van der Waals surface area contributed by atoms with E-state index in [1.807, 2.05) is 0 Å². The lowest BCUT2D eigenvalue weighted by atomic mass is 9.78. The van der Waals surface area contributed by atoms with Gasteiger partial charge in [-0.3, -0.25) is 24.5 Å². The SMILES string of the molecule is C.C=C1CCC2(CCN(C)C2)C(=O)N1.CN1CC2(CCC(=O)NC2=O)CC1=O. The van der Waals surface area contributed by atoms with E-state index in [-0.39, 0.29) is 42.9 Å². The van der Waals surface area contributed by atoms with Crippen LogP contribution in [0.1, 0.15) is 46.0 Å². The topological polar surface area (TPSA) is 98.8 Å². The number of piperidine rings is 2. The van der Waals surface area contributed by atoms with Gasteiger partial charge in [0.05, 0.1) is 10.8 Å². The van der Waals surface area contributed by atoms with Crippen molar-refractivity contribution in [1.29, 1.82) is 0 Å². The van der Waals surface area contributed by atoms with Crippen LogP contribution < -0.4 is 10.6 Å². The first kappa shape index (κ1) is 22.1. The van der Waals surface area contributed by atoms with Crippen LogP contribution in [-0.4, -0.2) is 67.2 Å². The van der Waals surface area contributed by atoms with Gasteiger partial charge in [0, 0.05) is 38.7 Å². The van der Waals surface area contributed by atoms with Crippen LogP contribution in [0.25, 0.3) is 0 Å². The Morgan fingerprint density at radius 2 is 1.54 bits per heavy atom. The predicted octanol–water partition coefficient (Wildman–Crippen LogP) is 0.640. The molecule has 4 heterocycles. The number of allylic oxidation sites excluding steroid dienone is 1. The van der Waals surface area contributed by atoms with Gasteiger partial charge in [0.25, 0.3) is 0 Å². The number of hydrogen-bond acceptors (Lipinski definition) is 5. The van der Waals surface area contributed by atoms with E-state index in [9.17, 15) is 19.2 Å². The number of likely N-dealkylation sites (tertiary alicyclic amines) is 2. The van der Waals surface area contributed by atoms with Crippen molar-refractivity contribution in [1.82, 2.24) is 20.4 Å². The van der Waals surface area contributed by atoms with E-state index < -0.39 is 5.41 Å². The van der Waals surface area contributed by atoms with E-state index >= 15 is 0 Å². The molecule has 4 saturated heterocycles. The Balaban J connectivity index is 0.000000194. The molecule has 2 N–H and O–H groups in total. The van der Waals surface area contributed by atoms with Crippen molar-refractivity contribution in [3.05, 3.63) is 12.3 Å². The van der Waals surface area contributed by atoms with E-state index in [0.717, 1.165) is 38.0 Å². The molecule has 0 saturated carbocycles. The highest BCUT2D eigenvalue weighted by Gasteiger charge is 2.50. The smallest absolute Gasteiger partial charge is 0.235 e. The van der Waals surface area contributed by atoms with Gasteiger partial charge in [-0.15, -0.1) is 0 Å². The summed E-state index contributed by atoms with van der Waals surface area (Å²) >= 11 is 0. The van der Waals surface area contributed by atoms with Crippen molar-refractivity contribution >= 4 is 23.6 Å². The molecule has 8 heteroatoms. The van der Waals surface area contributed by atoms with Crippen molar-refractivity contribution in [2.75, 3.05) is 33.7 Å². The molecule has 28 heavy (non-hydrogen) atoms. The fraction of sp³-hybridized carbons (Fsp3) is 0.700. The number of amides is 4. The summed E-state index contributed by atoms with van der Waals surface area (Å²) < 4.78 is 0. The van der Waals surface area contributed by atoms with E-state index in [1.165, 1.54) is 0 Å². The second-order valence-corrected chi connectivity index (χ2v) is 8.41. The summed E-state index contributed by atoms with van der Waals surface area (Å²) in [6.07, 6.45) is 3.99. The molecule has 4 rings (SSSR count). The molecule has 2 unspecified atom stereocenters. The molecule has 0 bridgehead atoms. The van der Waals surface area contributed by atoms with Crippen LogP contribution in [0.4, 0.5) is 0 Å². The molecular formula is C20H32N4O4. The van der Waals surface area contributed by atoms with Gasteiger partial charge in [-0.05, 0) is 39.3 Å². The van der Waals surface area contributed by atoms with Crippen molar-refractivity contribution < 1.29 is 19.2 Å². The van der Waals surface area contributed by atoms with Crippen LogP contribution in [0.2, 0.25) is 0 Å². The normalized spacial score (nSPS) is 32.8. The molecule has 0 aromatic carbocycles. The lowest BCUT2D eigenvalue weighted by Crippen LogP contribution is -2.49. The van der Waals surface area contributed by atoms with E-state index in [1.54, 1.807) is 11.9 Å². The standard InChI is InChI=1S/C10H16N2O.C9H12N2O3.CH4/c1-8-3-4-10(9(13)11-8)5-6-12(2)7-10;1-11-5-9(4-7(11)13)3-2-6(12)10-8(9)14;/h1,3-7H2,2H3,(H,11,13);2-5H2,1H3,(H,10,12,14);1H4. The number of imide groups is 1. The Labute approximate surface area is 166 Å². The Bertz CT molecular complexity index is 706. The second-order valence-electron chi connectivity index (χ2n) is 8.41. The Kier molecular flexibility index (Phi) is 6.33. The summed E-state index contributed by atoms with van der Waals surface area (Å²) in [6, 6.07) is 0. The average Bonchev–Trinajstić information content (AvgIpc) is 3.11. The maximum Gasteiger partial charge on any atom is 0.235 e. The summed E-state index contributed by atoms with van der Waals surface area (Å²) in [5.41, 5.74) is 0.139. The third kappa shape index (κ3) is 4.11. The number of nitrogens with zero attached hydrogens (tertiary/aromatic N) is 2. The Morgan fingerprint density at radius 3 is 2.04 bits per heavy atom. The lowest BCUT2D eigenvalue weighted by molar-refractivity contribution is -0.142. The molecule has 2 atom stereocenters. The lowest BCUT2D eigenvalue weighted by Gasteiger charge is -2.32. The van der Waals surface area contributed by atoms with Crippen LogP contribution in [-0.2, 0) is 19.2 Å². The number of rotatable bonds is 0. The Hall–Kier alpha value is -2.22. The zero-order valence-corrected chi connectivity index (χ0v) is 16.1. The molecule has 4 fully saturated rings. The summed E-state index contributed by atoms with van der Waals surface area (Å²) in [6.45, 7) is 6.18. The molecule has 4 aliphatic rings. The van der Waals surface area contributed by atoms with Gasteiger partial charge in [-0.2, -0.15) is 0 Å². The van der Waals surface area contributed by atoms with E-state index in [0.29, 0.717) is 19.4 Å². The fourth-order valence-corrected chi connectivity index (χ4v) is 4.46. The minimum Gasteiger partial charge on any atom is -0.345 e. The van der Waals surface area contributed by atoms with Gasteiger partial charge in [-0.1, -0.05) is 14.0 Å². The number of nitrogens with one attached hydrogen (secondary N) is 2. The molecule has 4 amide bonds. The van der Waals surface area contributed by atoms with Gasteiger partial charge < -0.3 is 15.1 Å². The Morgan fingerprint density at radius 1 is 0.893 bits per heavy atom. The highest BCUT2D eigenvalue weighted by molar-refractivity contribution is 6.03. The van der Waals surface area contributed by atoms with Crippen LogP contribution in [0, 0.1) is 10.8 Å². The van der Waals surface area contributed by atoms with Crippen molar-refractivity contribution in [3.63, 3.8) is 0 Å². The highest BCUT2D eigenvalue weighted by Crippen LogP contribution is 2.38. The quantitative estimate of drug-likeness (QED) is 0.590. The van der Waals surface area contributed by atoms with Crippen molar-refractivity contribution in [2.24, 2.45) is 10.8 Å². The number of carbonyl (C=O) groups excluding carboxylic acids is 4. The summed E-state index contributed by atoms with van der Waals surface area (Å²) in [5.74, 6) is -0.350. The molecule has 4 aliphatic heterocycles. The van der Waals surface area contributed by atoms with Gasteiger partial charge in [0.2, 0.25) is 23.6 Å². The first-order valence-corrected chi connectivity index (χ1v) is 9.42. The minimum absolute atomic E-state index is 0. The molecule has 2 spiro atoms. The zero-order valence-electron chi connectivity index (χ0n) is 16.1. The molecule has 0 aromatic rings. The third-order valence-corrected chi connectivity index (χ3v) is 6.24. The summed E-state index contributed by atoms with van der Waals surface area (Å²) in [7, 11) is 3.76. The first-order valence-electron chi connectivity index (χ1n) is 9.42. The van der Waals surface area contributed by atoms with Crippen LogP contribution in [0.5, 0.6) is 0 Å². The summed E-state index contributed by atoms with van der Waals surface area (Å²) in [4.78, 5) is 49.4. The minimum atomic E-state index is -0.639. The maximum atomic E-state index is 11.8. The molecule has 0 aromatic heterocycles. The van der Waals surface area contributed by atoms with Gasteiger partial charge in [0.1, 0.15) is 0 Å². The third-order valence-electron chi connectivity index (χ3n) is 6.24. The highest BCUT2D eigenvalue weighted by atomic mass is 16.2.